The monoisotopic (exact) mass is 914 g/mol. The van der Waals surface area contributed by atoms with Crippen LogP contribution >= 0.6 is 0 Å². The van der Waals surface area contributed by atoms with Gasteiger partial charge in [0.1, 0.15) is 0 Å². The van der Waals surface area contributed by atoms with Crippen molar-refractivity contribution in [3.05, 3.63) is 37.0 Å². The Hall–Kier alpha value is 6.46. The largest absolute Gasteiger partial charge is 0.486 e. The summed E-state index contributed by atoms with van der Waals surface area (Å²) in [5.74, 6) is 0. The molecule has 0 unspecified atom stereocenters. The van der Waals surface area contributed by atoms with Crippen molar-refractivity contribution < 1.29 is 207 Å². The van der Waals surface area contributed by atoms with Crippen LogP contribution in [0.4, 0.5) is 0 Å². The molecule has 0 bridgehead atoms. The summed E-state index contributed by atoms with van der Waals surface area (Å²) in [4.78, 5) is 0. The van der Waals surface area contributed by atoms with Crippen LogP contribution in [-0.4, -0.2) is 20.5 Å². The van der Waals surface area contributed by atoms with Crippen LogP contribution < -0.4 is 0 Å². The van der Waals surface area contributed by atoms with Gasteiger partial charge in [-0.2, -0.15) is 81.1 Å². The van der Waals surface area contributed by atoms with E-state index in [4.69, 9.17) is 10.4 Å². The van der Waals surface area contributed by atoms with Gasteiger partial charge in [0.25, 0.3) is 0 Å². The van der Waals surface area contributed by atoms with Gasteiger partial charge >= 0.3 is 0 Å². The molecule has 2 saturated carbocycles. The summed E-state index contributed by atoms with van der Waals surface area (Å²) in [6.07, 6.45) is 16.5. The van der Waals surface area contributed by atoms with E-state index in [2.05, 4.69) is 12.8 Å². The van der Waals surface area contributed by atoms with Crippen LogP contribution in [0.2, 0.25) is 0 Å². The van der Waals surface area contributed by atoms with Gasteiger partial charge in [-0.25, -0.2) is 0 Å². The zero-order chi connectivity index (χ0) is 21.0. The van der Waals surface area contributed by atoms with Gasteiger partial charge in [0.2, 0.25) is 0 Å². The molecule has 2 aliphatic carbocycles. The van der Waals surface area contributed by atoms with Crippen molar-refractivity contribution in [1.82, 2.24) is 10.1 Å². The molecule has 0 amide bonds. The molecule has 1 spiro atoms. The summed E-state index contributed by atoms with van der Waals surface area (Å²) in [6, 6.07) is 3.57. The fourth-order valence-electron chi connectivity index (χ4n) is 3.57. The van der Waals surface area contributed by atoms with Crippen LogP contribution in [0.25, 0.3) is 0 Å². The van der Waals surface area contributed by atoms with Crippen LogP contribution in [0, 0.1) is 42.4 Å². The van der Waals surface area contributed by atoms with Crippen molar-refractivity contribution in [3.63, 3.8) is 0 Å². The summed E-state index contributed by atoms with van der Waals surface area (Å²) in [5.41, 5.74) is 0.795. The molecule has 0 aromatic carbocycles. The molecule has 0 saturated heterocycles. The molecule has 2 rings (SSSR count). The van der Waals surface area contributed by atoms with E-state index in [0.29, 0.717) is 0 Å². The molecule has 0 heterocycles. The minimum atomic E-state index is 0. The topological polar surface area (TPSA) is 46.9 Å². The Balaban J connectivity index is -0.0000000575. The Morgan fingerprint density at radius 2 is 0.667 bits per heavy atom. The van der Waals surface area contributed by atoms with Crippen molar-refractivity contribution in [3.8, 4) is 0 Å². The van der Waals surface area contributed by atoms with Crippen molar-refractivity contribution in [2.24, 2.45) is 5.41 Å². The van der Waals surface area contributed by atoms with Gasteiger partial charge < -0.3 is 33.4 Å². The number of rotatable bonds is 4. The summed E-state index contributed by atoms with van der Waals surface area (Å²) in [7, 11) is 0. The molecule has 6 radical (unpaired) electrons. The van der Waals surface area contributed by atoms with Gasteiger partial charge in [0.15, 0.2) is 0 Å². The van der Waals surface area contributed by atoms with Crippen molar-refractivity contribution in [2.45, 2.75) is 107 Å². The molecule has 0 aromatic heterocycles. The molecule has 0 aliphatic heterocycles. The fourth-order valence-corrected chi connectivity index (χ4v) is 3.57. The van der Waals surface area contributed by atoms with Crippen molar-refractivity contribution in [1.29, 1.82) is 0 Å². The van der Waals surface area contributed by atoms with Crippen LogP contribution in [0.1, 0.15) is 107 Å². The predicted molar refractivity (Wildman–Crippen MR) is 114 cm³/mol. The second kappa shape index (κ2) is 33.0. The number of hydrogen-bond acceptors (Lipinski definition) is 4. The molecule has 4 nitrogen and oxygen atoms in total. The van der Waals surface area contributed by atoms with E-state index < -0.39 is 0 Å². The first kappa shape index (κ1) is 55.4. The van der Waals surface area contributed by atoms with Gasteiger partial charge in [-0.3, -0.25) is 24.2 Å². The Labute approximate surface area is 358 Å². The number of hydrogen-bond donors (Lipinski definition) is 2. The summed E-state index contributed by atoms with van der Waals surface area (Å²) >= 11 is 0. The summed E-state index contributed by atoms with van der Waals surface area (Å²) in [5, 5.41) is 20.3. The molecule has 2 fully saturated rings. The average molecular weight is 914 g/mol. The maximum absolute atomic E-state index is 8.96. The zero-order valence-electron chi connectivity index (χ0n) is 22.6. The van der Waals surface area contributed by atoms with Gasteiger partial charge in [-0.15, -0.1) is 0 Å². The van der Waals surface area contributed by atoms with Gasteiger partial charge in [0.05, 0.1) is 0 Å². The molecule has 33 heavy (non-hydrogen) atoms. The Kier molecular flexibility index (Phi) is 55.4. The maximum atomic E-state index is 8.96. The van der Waals surface area contributed by atoms with Crippen molar-refractivity contribution in [2.75, 3.05) is 0 Å². The maximum Gasteiger partial charge on any atom is 0 e. The molecule has 2 aliphatic rings. The van der Waals surface area contributed by atoms with Crippen LogP contribution in [0.3, 0.4) is 0 Å². The minimum absolute atomic E-state index is 0. The van der Waals surface area contributed by atoms with Crippen LogP contribution in [0.15, 0.2) is 0 Å². The van der Waals surface area contributed by atoms with E-state index in [0.717, 1.165) is 29.6 Å². The van der Waals surface area contributed by atoms with Crippen molar-refractivity contribution >= 4 is 0 Å². The first-order valence-corrected chi connectivity index (χ1v) is 10.3. The molecule has 10 heteroatoms. The molecular formula is C23H44N2O2Y6-6. The third-order valence-electron chi connectivity index (χ3n) is 5.21. The minimum Gasteiger partial charge on any atom is -0.486 e. The third kappa shape index (κ3) is 28.4. The van der Waals surface area contributed by atoms with E-state index in [1.165, 1.54) is 61.5 Å². The van der Waals surface area contributed by atoms with E-state index in [9.17, 15) is 0 Å². The van der Waals surface area contributed by atoms with Crippen LogP contribution in [0.5, 0.6) is 0 Å². The van der Waals surface area contributed by atoms with Gasteiger partial charge in [-0.1, -0.05) is 25.7 Å². The fraction of sp³-hybridized carbons (Fsp3) is 0.739. The second-order valence-electron chi connectivity index (χ2n) is 8.64. The average Bonchev–Trinajstić information content (AvgIpc) is 2.62. The van der Waals surface area contributed by atoms with E-state index in [1.54, 1.807) is 0 Å². The third-order valence-corrected chi connectivity index (χ3v) is 5.21. The first-order valence-electron chi connectivity index (χ1n) is 10.3. The van der Waals surface area contributed by atoms with E-state index >= 15 is 0 Å². The Morgan fingerprint density at radius 3 is 0.788 bits per heavy atom. The quantitative estimate of drug-likeness (QED) is 0.233. The van der Waals surface area contributed by atoms with E-state index in [1.807, 2.05) is 55.4 Å². The summed E-state index contributed by atoms with van der Waals surface area (Å²) in [6.45, 7) is 14.8. The summed E-state index contributed by atoms with van der Waals surface area (Å²) < 4.78 is 0. The van der Waals surface area contributed by atoms with E-state index in [-0.39, 0.29) is 196 Å². The normalized spacial score (nSPS) is 16.0. The van der Waals surface area contributed by atoms with Gasteiger partial charge in [-0.05, 0) is 5.41 Å². The Bertz CT molecular complexity index is 313. The molecular weight excluding hydrogens is 870 g/mol. The number of hydroxylamine groups is 4. The zero-order valence-corrected chi connectivity index (χ0v) is 39.6. The predicted octanol–water partition coefficient (Wildman–Crippen LogP) is 7.16. The standard InChI is InChI=1S/C11H18.2C6H13NO.6Y/c1-3-7-11(8-4-1)9-5-2-6-10-11;2*1-5(2)7(8)6(3)4;;;;;;/h1-2H,3-10H2;2*8H,1-4H3;;;;;;/q3*-2;;;;;;. The number of nitrogens with zero attached hydrogens (tertiary/aromatic N) is 2. The molecule has 0 aromatic rings. The molecule has 2 N–H and O–H groups in total. The first-order chi connectivity index (χ1) is 12.5. The molecule has 0 atom stereocenters. The van der Waals surface area contributed by atoms with Gasteiger partial charge in [0, 0.05) is 196 Å². The SMILES string of the molecule is C[C-](C)N(O)[C-](C)C.C[C-](C)N(O)[C-](C)C.[CH-]1CCC2(CC1)CC[CH-]CC2.[Y].[Y].[Y].[Y].[Y].[Y]. The van der Waals surface area contributed by atoms with Crippen LogP contribution in [-0.2, 0) is 196 Å². The smallest absolute Gasteiger partial charge is 0 e. The molecule has 182 valence electrons. The Morgan fingerprint density at radius 1 is 0.485 bits per heavy atom. The second-order valence-corrected chi connectivity index (χ2v) is 8.64.